The van der Waals surface area contributed by atoms with Crippen LogP contribution < -0.4 is 0 Å². The van der Waals surface area contributed by atoms with Crippen LogP contribution in [0.1, 0.15) is 11.9 Å². The van der Waals surface area contributed by atoms with Gasteiger partial charge >= 0.3 is 0 Å². The molecule has 3 heteroatoms. The van der Waals surface area contributed by atoms with E-state index in [9.17, 15) is 0 Å². The predicted molar refractivity (Wildman–Crippen MR) is 37.5 cm³/mol. The molecule has 9 heavy (non-hydrogen) atoms. The van der Waals surface area contributed by atoms with Crippen LogP contribution in [0.5, 0.6) is 0 Å². The number of hydrogen-bond donors (Lipinski definition) is 1. The fourth-order valence-electron chi connectivity index (χ4n) is 0.557. The highest BCUT2D eigenvalue weighted by molar-refractivity contribution is 9.09. The predicted octanol–water partition coefficient (Wildman–Crippen LogP) is 1.71. The molecule has 1 atom stereocenters. The van der Waals surface area contributed by atoms with Crippen LogP contribution in [0.25, 0.3) is 0 Å². The van der Waals surface area contributed by atoms with Gasteiger partial charge in [0.1, 0.15) is 11.9 Å². The lowest BCUT2D eigenvalue weighted by Crippen LogP contribution is -1.94. The van der Waals surface area contributed by atoms with Crippen LogP contribution in [0.15, 0.2) is 22.8 Å². The molecular formula is C6H7BrO2. The van der Waals surface area contributed by atoms with Crippen molar-refractivity contribution in [3.63, 3.8) is 0 Å². The molecule has 0 aliphatic rings. The standard InChI is InChI=1S/C6H7BrO2/c7-4-5(8)6-2-1-3-9-6/h1-3,5,8H,4H2/t5-/m1/s1. The summed E-state index contributed by atoms with van der Waals surface area (Å²) in [5.74, 6) is 0.604. The Kier molecular flexibility index (Phi) is 2.30. The smallest absolute Gasteiger partial charge is 0.133 e. The normalized spacial score (nSPS) is 13.6. The molecule has 0 saturated heterocycles. The molecule has 0 amide bonds. The fraction of sp³-hybridized carbons (Fsp3) is 0.333. The van der Waals surface area contributed by atoms with E-state index in [1.165, 1.54) is 0 Å². The zero-order valence-corrected chi connectivity index (χ0v) is 6.34. The summed E-state index contributed by atoms with van der Waals surface area (Å²) in [4.78, 5) is 0. The molecule has 0 aromatic carbocycles. The summed E-state index contributed by atoms with van der Waals surface area (Å²) >= 11 is 3.13. The summed E-state index contributed by atoms with van der Waals surface area (Å²) in [5, 5.41) is 9.59. The van der Waals surface area contributed by atoms with Gasteiger partial charge in [0.2, 0.25) is 0 Å². The summed E-state index contributed by atoms with van der Waals surface area (Å²) in [6, 6.07) is 3.49. The fourth-order valence-corrected chi connectivity index (χ4v) is 0.876. The van der Waals surface area contributed by atoms with Crippen molar-refractivity contribution in [3.05, 3.63) is 24.2 Å². The molecule has 1 aromatic rings. The number of aliphatic hydroxyl groups is 1. The SMILES string of the molecule is O[C@H](CBr)c1ccco1. The first-order valence-corrected chi connectivity index (χ1v) is 3.74. The number of rotatable bonds is 2. The Morgan fingerprint density at radius 1 is 1.78 bits per heavy atom. The van der Waals surface area contributed by atoms with Gasteiger partial charge in [-0.15, -0.1) is 0 Å². The zero-order chi connectivity index (χ0) is 6.69. The molecule has 0 aliphatic heterocycles. The van der Waals surface area contributed by atoms with Gasteiger partial charge in [0.15, 0.2) is 0 Å². The van der Waals surface area contributed by atoms with E-state index in [0.29, 0.717) is 11.1 Å². The number of halogens is 1. The van der Waals surface area contributed by atoms with Crippen LogP contribution in [0, 0.1) is 0 Å². The van der Waals surface area contributed by atoms with E-state index in [0.717, 1.165) is 0 Å². The van der Waals surface area contributed by atoms with Gasteiger partial charge in [0, 0.05) is 5.33 Å². The summed E-state index contributed by atoms with van der Waals surface area (Å²) in [7, 11) is 0. The van der Waals surface area contributed by atoms with E-state index in [-0.39, 0.29) is 0 Å². The van der Waals surface area contributed by atoms with Crippen molar-refractivity contribution in [2.24, 2.45) is 0 Å². The van der Waals surface area contributed by atoms with Crippen LogP contribution in [-0.2, 0) is 0 Å². The first-order valence-electron chi connectivity index (χ1n) is 2.62. The van der Waals surface area contributed by atoms with Gasteiger partial charge in [-0.2, -0.15) is 0 Å². The molecule has 1 N–H and O–H groups in total. The Bertz CT molecular complexity index is 160. The monoisotopic (exact) mass is 190 g/mol. The summed E-state index contributed by atoms with van der Waals surface area (Å²) in [6.07, 6.45) is 1.03. The zero-order valence-electron chi connectivity index (χ0n) is 4.75. The second kappa shape index (κ2) is 3.03. The van der Waals surface area contributed by atoms with Crippen LogP contribution in [0.3, 0.4) is 0 Å². The Labute approximate surface area is 61.6 Å². The lowest BCUT2D eigenvalue weighted by molar-refractivity contribution is 0.175. The van der Waals surface area contributed by atoms with Gasteiger partial charge in [-0.1, -0.05) is 15.9 Å². The third-order valence-corrected chi connectivity index (χ3v) is 1.63. The first kappa shape index (κ1) is 6.83. The summed E-state index contributed by atoms with van der Waals surface area (Å²) < 4.78 is 4.91. The maximum atomic E-state index is 9.08. The van der Waals surface area contributed by atoms with Crippen molar-refractivity contribution in [1.29, 1.82) is 0 Å². The highest BCUT2D eigenvalue weighted by atomic mass is 79.9. The average molecular weight is 191 g/mol. The van der Waals surface area contributed by atoms with Crippen LogP contribution in [-0.4, -0.2) is 10.4 Å². The van der Waals surface area contributed by atoms with E-state index < -0.39 is 6.10 Å². The summed E-state index contributed by atoms with van der Waals surface area (Å²) in [5.41, 5.74) is 0. The molecule has 0 aliphatic carbocycles. The van der Waals surface area contributed by atoms with Crippen LogP contribution >= 0.6 is 15.9 Å². The minimum Gasteiger partial charge on any atom is -0.467 e. The van der Waals surface area contributed by atoms with Crippen LogP contribution in [0.2, 0.25) is 0 Å². The minimum atomic E-state index is -0.514. The lowest BCUT2D eigenvalue weighted by Gasteiger charge is -1.99. The van der Waals surface area contributed by atoms with Gasteiger partial charge in [-0.25, -0.2) is 0 Å². The Morgan fingerprint density at radius 3 is 3.00 bits per heavy atom. The molecule has 50 valence electrons. The van der Waals surface area contributed by atoms with Crippen molar-refractivity contribution in [2.75, 3.05) is 5.33 Å². The van der Waals surface area contributed by atoms with Gasteiger partial charge in [-0.05, 0) is 12.1 Å². The van der Waals surface area contributed by atoms with Crippen molar-refractivity contribution in [2.45, 2.75) is 6.10 Å². The molecular weight excluding hydrogens is 184 g/mol. The van der Waals surface area contributed by atoms with Crippen molar-refractivity contribution in [3.8, 4) is 0 Å². The first-order chi connectivity index (χ1) is 4.34. The molecule has 0 saturated carbocycles. The maximum Gasteiger partial charge on any atom is 0.133 e. The highest BCUT2D eigenvalue weighted by Crippen LogP contribution is 2.14. The van der Waals surface area contributed by atoms with Crippen molar-refractivity contribution < 1.29 is 9.52 Å². The largest absolute Gasteiger partial charge is 0.467 e. The van der Waals surface area contributed by atoms with Gasteiger partial charge < -0.3 is 9.52 Å². The van der Waals surface area contributed by atoms with E-state index in [1.807, 2.05) is 0 Å². The molecule has 0 radical (unpaired) electrons. The van der Waals surface area contributed by atoms with Gasteiger partial charge in [0.25, 0.3) is 0 Å². The van der Waals surface area contributed by atoms with E-state index in [1.54, 1.807) is 18.4 Å². The molecule has 1 rings (SSSR count). The number of furan rings is 1. The Hall–Kier alpha value is -0.280. The molecule has 1 aromatic heterocycles. The number of hydrogen-bond acceptors (Lipinski definition) is 2. The quantitative estimate of drug-likeness (QED) is 0.721. The molecule has 0 unspecified atom stereocenters. The average Bonchev–Trinajstić information content (AvgIpc) is 2.37. The topological polar surface area (TPSA) is 33.4 Å². The van der Waals surface area contributed by atoms with Crippen LogP contribution in [0.4, 0.5) is 0 Å². The second-order valence-electron chi connectivity index (χ2n) is 1.69. The second-order valence-corrected chi connectivity index (χ2v) is 2.33. The maximum absolute atomic E-state index is 9.08. The molecule has 0 bridgehead atoms. The van der Waals surface area contributed by atoms with E-state index in [4.69, 9.17) is 9.52 Å². The van der Waals surface area contributed by atoms with Crippen molar-refractivity contribution >= 4 is 15.9 Å². The van der Waals surface area contributed by atoms with Gasteiger partial charge in [-0.3, -0.25) is 0 Å². The van der Waals surface area contributed by atoms with Crippen molar-refractivity contribution in [1.82, 2.24) is 0 Å². The highest BCUT2D eigenvalue weighted by Gasteiger charge is 2.06. The Balaban J connectivity index is 2.65. The minimum absolute atomic E-state index is 0.514. The number of aliphatic hydroxyl groups excluding tert-OH is 1. The lowest BCUT2D eigenvalue weighted by atomic mass is 10.3. The molecule has 0 spiro atoms. The van der Waals surface area contributed by atoms with Gasteiger partial charge in [0.05, 0.1) is 6.26 Å². The molecule has 0 fully saturated rings. The molecule has 1 heterocycles. The van der Waals surface area contributed by atoms with E-state index >= 15 is 0 Å². The Morgan fingerprint density at radius 2 is 2.56 bits per heavy atom. The molecule has 2 nitrogen and oxygen atoms in total. The van der Waals surface area contributed by atoms with E-state index in [2.05, 4.69) is 15.9 Å². The number of alkyl halides is 1. The third kappa shape index (κ3) is 1.56. The summed E-state index contributed by atoms with van der Waals surface area (Å²) in [6.45, 7) is 0. The third-order valence-electron chi connectivity index (χ3n) is 1.02.